The molecule has 3 N–H and O–H groups in total. The fourth-order valence-electron chi connectivity index (χ4n) is 2.76. The van der Waals surface area contributed by atoms with Crippen LogP contribution in [0, 0.1) is 11.3 Å². The van der Waals surface area contributed by atoms with E-state index >= 15 is 0 Å². The fourth-order valence-corrected chi connectivity index (χ4v) is 3.47. The van der Waals surface area contributed by atoms with Crippen molar-refractivity contribution >= 4 is 45.7 Å². The molecule has 2 heterocycles. The summed E-state index contributed by atoms with van der Waals surface area (Å²) in [5.41, 5.74) is 1.05. The van der Waals surface area contributed by atoms with Gasteiger partial charge in [-0.2, -0.15) is 5.26 Å². The quantitative estimate of drug-likeness (QED) is 0.728. The molecule has 0 saturated carbocycles. The van der Waals surface area contributed by atoms with Crippen molar-refractivity contribution in [2.45, 2.75) is 31.3 Å². The first-order valence-corrected chi connectivity index (χ1v) is 7.61. The van der Waals surface area contributed by atoms with E-state index in [1.807, 2.05) is 6.07 Å². The molecule has 0 radical (unpaired) electrons. The molecule has 2 aromatic rings. The molecule has 1 fully saturated rings. The summed E-state index contributed by atoms with van der Waals surface area (Å²) >= 11 is 18.4. The molecule has 0 unspecified atom stereocenters. The molecule has 0 aliphatic carbocycles. The minimum Gasteiger partial charge on any atom is -0.388 e. The Morgan fingerprint density at radius 3 is 2.50 bits per heavy atom. The maximum Gasteiger partial charge on any atom is 0.125 e. The Balaban J connectivity index is 2.33. The van der Waals surface area contributed by atoms with Crippen LogP contribution >= 0.6 is 34.8 Å². The standard InChI is InChI=1S/C14H11Cl3N2O3/c1-4-11(20)12(21)13(22-4)9-8-5(3-18)14(17)19-7(8)2-6(15)10(9)16/h2,4,11-13,19-21H,1H3/t4-,11-,12-,13+/m1/s1. The fraction of sp³-hybridized carbons (Fsp3) is 0.357. The Bertz CT molecular complexity index is 799. The molecule has 8 heteroatoms. The van der Waals surface area contributed by atoms with E-state index < -0.39 is 24.4 Å². The molecule has 1 aliphatic rings. The lowest BCUT2D eigenvalue weighted by atomic mass is 9.97. The van der Waals surface area contributed by atoms with Crippen LogP contribution in [0.1, 0.15) is 24.2 Å². The monoisotopic (exact) mass is 360 g/mol. The third-order valence-electron chi connectivity index (χ3n) is 3.87. The number of H-pyrrole nitrogens is 1. The maximum absolute atomic E-state index is 10.2. The zero-order valence-corrected chi connectivity index (χ0v) is 13.5. The summed E-state index contributed by atoms with van der Waals surface area (Å²) in [4.78, 5) is 2.85. The van der Waals surface area contributed by atoms with Crippen LogP contribution in [0.4, 0.5) is 0 Å². The number of ether oxygens (including phenoxy) is 1. The Hall–Kier alpha value is -1.00. The van der Waals surface area contributed by atoms with Gasteiger partial charge in [0.25, 0.3) is 0 Å². The second-order valence-corrected chi connectivity index (χ2v) is 6.34. The highest BCUT2D eigenvalue weighted by atomic mass is 35.5. The first-order valence-electron chi connectivity index (χ1n) is 6.47. The molecule has 1 aromatic heterocycles. The van der Waals surface area contributed by atoms with E-state index in [-0.39, 0.29) is 20.8 Å². The van der Waals surface area contributed by atoms with Crippen LogP contribution in [-0.4, -0.2) is 33.5 Å². The zero-order chi connectivity index (χ0) is 16.2. The van der Waals surface area contributed by atoms with Gasteiger partial charge in [-0.1, -0.05) is 34.8 Å². The predicted molar refractivity (Wildman–Crippen MR) is 83.3 cm³/mol. The van der Waals surface area contributed by atoms with Gasteiger partial charge in [0.2, 0.25) is 0 Å². The van der Waals surface area contributed by atoms with Crippen molar-refractivity contribution in [2.24, 2.45) is 0 Å². The number of nitrogens with one attached hydrogen (secondary N) is 1. The Morgan fingerprint density at radius 2 is 1.95 bits per heavy atom. The summed E-state index contributed by atoms with van der Waals surface area (Å²) in [5.74, 6) is 0. The zero-order valence-electron chi connectivity index (χ0n) is 11.3. The van der Waals surface area contributed by atoms with E-state index in [2.05, 4.69) is 4.98 Å². The molecule has 0 amide bonds. The summed E-state index contributed by atoms with van der Waals surface area (Å²) in [5, 5.41) is 30.4. The second-order valence-electron chi connectivity index (χ2n) is 5.18. The van der Waals surface area contributed by atoms with E-state index in [0.29, 0.717) is 16.5 Å². The van der Waals surface area contributed by atoms with Crippen molar-refractivity contribution in [3.63, 3.8) is 0 Å². The van der Waals surface area contributed by atoms with Crippen LogP contribution in [-0.2, 0) is 4.74 Å². The molecule has 0 spiro atoms. The Kier molecular flexibility index (Phi) is 4.02. The van der Waals surface area contributed by atoms with Gasteiger partial charge in [0.15, 0.2) is 0 Å². The van der Waals surface area contributed by atoms with Crippen LogP contribution in [0.3, 0.4) is 0 Å². The van der Waals surface area contributed by atoms with Crippen LogP contribution in [0.25, 0.3) is 10.9 Å². The summed E-state index contributed by atoms with van der Waals surface area (Å²) in [6, 6.07) is 3.55. The van der Waals surface area contributed by atoms with Gasteiger partial charge in [-0.25, -0.2) is 0 Å². The Labute approximate surface area is 141 Å². The molecule has 5 nitrogen and oxygen atoms in total. The third-order valence-corrected chi connectivity index (χ3v) is 4.95. The number of hydrogen-bond donors (Lipinski definition) is 3. The highest BCUT2D eigenvalue weighted by molar-refractivity contribution is 6.44. The van der Waals surface area contributed by atoms with Gasteiger partial charge in [0.1, 0.15) is 29.5 Å². The predicted octanol–water partition coefficient (Wildman–Crippen LogP) is 3.18. The highest BCUT2D eigenvalue weighted by Crippen LogP contribution is 2.45. The number of aromatic amines is 1. The Morgan fingerprint density at radius 1 is 1.27 bits per heavy atom. The summed E-state index contributed by atoms with van der Waals surface area (Å²) in [7, 11) is 0. The number of aliphatic hydroxyl groups excluding tert-OH is 2. The molecular formula is C14H11Cl3N2O3. The van der Waals surface area contributed by atoms with Crippen molar-refractivity contribution in [3.8, 4) is 6.07 Å². The van der Waals surface area contributed by atoms with Gasteiger partial charge < -0.3 is 19.9 Å². The lowest BCUT2D eigenvalue weighted by Gasteiger charge is -2.18. The van der Waals surface area contributed by atoms with Crippen molar-refractivity contribution in [1.29, 1.82) is 5.26 Å². The number of rotatable bonds is 1. The molecule has 116 valence electrons. The van der Waals surface area contributed by atoms with E-state index in [4.69, 9.17) is 39.5 Å². The number of hydrogen-bond acceptors (Lipinski definition) is 4. The largest absolute Gasteiger partial charge is 0.388 e. The number of aliphatic hydroxyl groups is 2. The topological polar surface area (TPSA) is 89.3 Å². The van der Waals surface area contributed by atoms with Gasteiger partial charge in [-0.15, -0.1) is 0 Å². The lowest BCUT2D eigenvalue weighted by molar-refractivity contribution is 0.0161. The lowest BCUT2D eigenvalue weighted by Crippen LogP contribution is -2.28. The number of nitriles is 1. The van der Waals surface area contributed by atoms with Crippen molar-refractivity contribution < 1.29 is 14.9 Å². The smallest absolute Gasteiger partial charge is 0.125 e. The third kappa shape index (κ3) is 2.19. The van der Waals surface area contributed by atoms with E-state index in [1.165, 1.54) is 0 Å². The summed E-state index contributed by atoms with van der Waals surface area (Å²) < 4.78 is 5.62. The number of fused-ring (bicyclic) bond motifs is 1. The van der Waals surface area contributed by atoms with Gasteiger partial charge in [0.05, 0.1) is 21.7 Å². The van der Waals surface area contributed by atoms with Crippen LogP contribution in [0.2, 0.25) is 15.2 Å². The van der Waals surface area contributed by atoms with E-state index in [0.717, 1.165) is 0 Å². The van der Waals surface area contributed by atoms with Gasteiger partial charge >= 0.3 is 0 Å². The van der Waals surface area contributed by atoms with Gasteiger partial charge in [-0.3, -0.25) is 0 Å². The van der Waals surface area contributed by atoms with Crippen LogP contribution in [0.5, 0.6) is 0 Å². The molecule has 1 aromatic carbocycles. The van der Waals surface area contributed by atoms with Gasteiger partial charge in [-0.05, 0) is 13.0 Å². The average molecular weight is 362 g/mol. The van der Waals surface area contributed by atoms with Crippen LogP contribution in [0.15, 0.2) is 6.07 Å². The molecule has 1 saturated heterocycles. The van der Waals surface area contributed by atoms with Gasteiger partial charge in [0, 0.05) is 16.5 Å². The summed E-state index contributed by atoms with van der Waals surface area (Å²) in [6.07, 6.45) is -3.73. The average Bonchev–Trinajstić information content (AvgIpc) is 2.91. The first kappa shape index (κ1) is 15.9. The normalized spacial score (nSPS) is 28.2. The van der Waals surface area contributed by atoms with Crippen molar-refractivity contribution in [1.82, 2.24) is 4.98 Å². The van der Waals surface area contributed by atoms with E-state index in [1.54, 1.807) is 13.0 Å². The maximum atomic E-state index is 10.2. The molecule has 0 bridgehead atoms. The van der Waals surface area contributed by atoms with Crippen LogP contribution < -0.4 is 0 Å². The molecule has 1 aliphatic heterocycles. The molecule has 4 atom stereocenters. The van der Waals surface area contributed by atoms with Crippen molar-refractivity contribution in [3.05, 3.63) is 32.4 Å². The highest BCUT2D eigenvalue weighted by Gasteiger charge is 2.43. The SMILES string of the molecule is C[C@H]1O[C@@H](c2c(Cl)c(Cl)cc3[nH]c(Cl)c(C#N)c23)[C@H](O)[C@@H]1O. The summed E-state index contributed by atoms with van der Waals surface area (Å²) in [6.45, 7) is 1.64. The minimum absolute atomic E-state index is 0.151. The number of nitrogens with zero attached hydrogens (tertiary/aromatic N) is 1. The molecule has 3 rings (SSSR count). The number of halogens is 3. The number of benzene rings is 1. The molecular weight excluding hydrogens is 351 g/mol. The number of aromatic nitrogens is 1. The molecule has 22 heavy (non-hydrogen) atoms. The minimum atomic E-state index is -1.19. The van der Waals surface area contributed by atoms with Crippen molar-refractivity contribution in [2.75, 3.05) is 0 Å². The first-order chi connectivity index (χ1) is 10.4. The van der Waals surface area contributed by atoms with E-state index in [9.17, 15) is 15.5 Å². The second kappa shape index (κ2) is 5.57.